The number of hydrogen-bond acceptors (Lipinski definition) is 3. The zero-order valence-electron chi connectivity index (χ0n) is 9.66. The van der Waals surface area contributed by atoms with Gasteiger partial charge in [-0.15, -0.1) is 0 Å². The molecule has 16 heavy (non-hydrogen) atoms. The Morgan fingerprint density at radius 1 is 1.50 bits per heavy atom. The molecule has 3 nitrogen and oxygen atoms in total. The van der Waals surface area contributed by atoms with Gasteiger partial charge in [0.1, 0.15) is 11.6 Å². The van der Waals surface area contributed by atoms with Crippen LogP contribution in [0.15, 0.2) is 18.2 Å². The van der Waals surface area contributed by atoms with E-state index in [-0.39, 0.29) is 11.9 Å². The summed E-state index contributed by atoms with van der Waals surface area (Å²) in [5.74, 6) is 0.393. The van der Waals surface area contributed by atoms with Crippen LogP contribution < -0.4 is 10.1 Å². The standard InChI is InChI=1S/C12H18FNO2/c1-9(15)5-6-16-12-4-3-11(13)7-10(12)8-14-2/h3-4,7,9,14-15H,5-6,8H2,1-2H3. The Hall–Kier alpha value is -1.13. The summed E-state index contributed by atoms with van der Waals surface area (Å²) in [7, 11) is 1.80. The van der Waals surface area contributed by atoms with Gasteiger partial charge in [0.2, 0.25) is 0 Å². The van der Waals surface area contributed by atoms with Crippen LogP contribution in [0.4, 0.5) is 4.39 Å². The van der Waals surface area contributed by atoms with E-state index in [4.69, 9.17) is 9.84 Å². The third-order valence-corrected chi connectivity index (χ3v) is 2.18. The number of nitrogens with one attached hydrogen (secondary N) is 1. The van der Waals surface area contributed by atoms with E-state index < -0.39 is 0 Å². The van der Waals surface area contributed by atoms with Crippen molar-refractivity contribution < 1.29 is 14.2 Å². The van der Waals surface area contributed by atoms with Gasteiger partial charge < -0.3 is 15.2 Å². The molecule has 0 bridgehead atoms. The highest BCUT2D eigenvalue weighted by Gasteiger charge is 2.05. The van der Waals surface area contributed by atoms with E-state index in [9.17, 15) is 4.39 Å². The second-order valence-corrected chi connectivity index (χ2v) is 3.77. The van der Waals surface area contributed by atoms with Gasteiger partial charge in [-0.25, -0.2) is 4.39 Å². The smallest absolute Gasteiger partial charge is 0.123 e. The van der Waals surface area contributed by atoms with Crippen molar-refractivity contribution in [2.75, 3.05) is 13.7 Å². The van der Waals surface area contributed by atoms with Crippen LogP contribution in [0.2, 0.25) is 0 Å². The van der Waals surface area contributed by atoms with E-state index in [1.165, 1.54) is 12.1 Å². The van der Waals surface area contributed by atoms with Crippen LogP contribution in [0.1, 0.15) is 18.9 Å². The largest absolute Gasteiger partial charge is 0.493 e. The minimum absolute atomic E-state index is 0.270. The lowest BCUT2D eigenvalue weighted by Crippen LogP contribution is -2.11. The molecule has 1 atom stereocenters. The number of hydrogen-bond donors (Lipinski definition) is 2. The van der Waals surface area contributed by atoms with Crippen molar-refractivity contribution in [3.63, 3.8) is 0 Å². The first-order valence-electron chi connectivity index (χ1n) is 5.37. The summed E-state index contributed by atoms with van der Waals surface area (Å²) in [6, 6.07) is 4.44. The predicted octanol–water partition coefficient (Wildman–Crippen LogP) is 1.69. The van der Waals surface area contributed by atoms with Gasteiger partial charge in [0.05, 0.1) is 12.7 Å². The van der Waals surface area contributed by atoms with Crippen molar-refractivity contribution in [1.82, 2.24) is 5.32 Å². The van der Waals surface area contributed by atoms with E-state index >= 15 is 0 Å². The van der Waals surface area contributed by atoms with Gasteiger partial charge in [-0.1, -0.05) is 0 Å². The molecule has 0 saturated heterocycles. The highest BCUT2D eigenvalue weighted by molar-refractivity contribution is 5.33. The maximum Gasteiger partial charge on any atom is 0.123 e. The fourth-order valence-electron chi connectivity index (χ4n) is 1.36. The highest BCUT2D eigenvalue weighted by atomic mass is 19.1. The summed E-state index contributed by atoms with van der Waals surface area (Å²) in [6.45, 7) is 2.70. The van der Waals surface area contributed by atoms with Gasteiger partial charge in [-0.3, -0.25) is 0 Å². The molecule has 0 fully saturated rings. The first kappa shape index (κ1) is 12.9. The molecule has 1 rings (SSSR count). The molecule has 0 aliphatic carbocycles. The molecule has 1 unspecified atom stereocenters. The van der Waals surface area contributed by atoms with Gasteiger partial charge >= 0.3 is 0 Å². The Bertz CT molecular complexity index is 329. The summed E-state index contributed by atoms with van der Waals surface area (Å²) in [5, 5.41) is 12.0. The summed E-state index contributed by atoms with van der Waals surface area (Å²) in [5.41, 5.74) is 0.785. The summed E-state index contributed by atoms with van der Waals surface area (Å²) in [4.78, 5) is 0. The molecular weight excluding hydrogens is 209 g/mol. The van der Waals surface area contributed by atoms with Crippen LogP contribution in [0.3, 0.4) is 0 Å². The molecule has 1 aromatic carbocycles. The van der Waals surface area contributed by atoms with Crippen LogP contribution in [0, 0.1) is 5.82 Å². The second kappa shape index (κ2) is 6.45. The molecular formula is C12H18FNO2. The van der Waals surface area contributed by atoms with E-state index in [0.717, 1.165) is 5.56 Å². The van der Waals surface area contributed by atoms with Crippen LogP contribution in [0.25, 0.3) is 0 Å². The minimum Gasteiger partial charge on any atom is -0.493 e. The summed E-state index contributed by atoms with van der Waals surface area (Å²) >= 11 is 0. The summed E-state index contributed by atoms with van der Waals surface area (Å²) < 4.78 is 18.5. The van der Waals surface area contributed by atoms with Crippen molar-refractivity contribution in [2.45, 2.75) is 26.0 Å². The van der Waals surface area contributed by atoms with Crippen LogP contribution in [0.5, 0.6) is 5.75 Å². The van der Waals surface area contributed by atoms with Crippen LogP contribution >= 0.6 is 0 Å². The molecule has 0 aromatic heterocycles. The maximum atomic E-state index is 13.0. The zero-order chi connectivity index (χ0) is 12.0. The molecule has 0 aliphatic heterocycles. The van der Waals surface area contributed by atoms with Gasteiger partial charge in [0.15, 0.2) is 0 Å². The predicted molar refractivity (Wildman–Crippen MR) is 61.0 cm³/mol. The minimum atomic E-state index is -0.381. The molecule has 0 spiro atoms. The molecule has 0 aliphatic rings. The van der Waals surface area contributed by atoms with Gasteiger partial charge in [-0.2, -0.15) is 0 Å². The zero-order valence-corrected chi connectivity index (χ0v) is 9.66. The van der Waals surface area contributed by atoms with E-state index in [1.807, 2.05) is 0 Å². The topological polar surface area (TPSA) is 41.5 Å². The lowest BCUT2D eigenvalue weighted by molar-refractivity contribution is 0.155. The Labute approximate surface area is 95.2 Å². The maximum absolute atomic E-state index is 13.0. The Kier molecular flexibility index (Phi) is 5.22. The lowest BCUT2D eigenvalue weighted by atomic mass is 10.2. The molecule has 0 heterocycles. The molecule has 0 amide bonds. The molecule has 0 radical (unpaired) electrons. The van der Waals surface area contributed by atoms with Crippen LogP contribution in [-0.2, 0) is 6.54 Å². The number of ether oxygens (including phenoxy) is 1. The average Bonchev–Trinajstić information content (AvgIpc) is 2.21. The Morgan fingerprint density at radius 3 is 2.88 bits per heavy atom. The van der Waals surface area contributed by atoms with E-state index in [2.05, 4.69) is 5.32 Å². The van der Waals surface area contributed by atoms with Gasteiger partial charge in [0.25, 0.3) is 0 Å². The Morgan fingerprint density at radius 2 is 2.25 bits per heavy atom. The van der Waals surface area contributed by atoms with Crippen molar-refractivity contribution in [2.24, 2.45) is 0 Å². The molecule has 1 aromatic rings. The number of halogens is 1. The number of aliphatic hydroxyl groups is 1. The summed E-state index contributed by atoms with van der Waals surface area (Å²) in [6.07, 6.45) is 0.185. The monoisotopic (exact) mass is 227 g/mol. The van der Waals surface area contributed by atoms with E-state index in [1.54, 1.807) is 20.0 Å². The van der Waals surface area contributed by atoms with Crippen LogP contribution in [-0.4, -0.2) is 24.9 Å². The first-order chi connectivity index (χ1) is 7.63. The first-order valence-corrected chi connectivity index (χ1v) is 5.37. The highest BCUT2D eigenvalue weighted by Crippen LogP contribution is 2.19. The fourth-order valence-corrected chi connectivity index (χ4v) is 1.36. The molecule has 2 N–H and O–H groups in total. The number of rotatable bonds is 6. The fraction of sp³-hybridized carbons (Fsp3) is 0.500. The lowest BCUT2D eigenvalue weighted by Gasteiger charge is -2.12. The van der Waals surface area contributed by atoms with Crippen molar-refractivity contribution in [1.29, 1.82) is 0 Å². The molecule has 90 valence electrons. The third kappa shape index (κ3) is 4.16. The van der Waals surface area contributed by atoms with E-state index in [0.29, 0.717) is 25.3 Å². The van der Waals surface area contributed by atoms with Crippen molar-refractivity contribution >= 4 is 0 Å². The molecule has 4 heteroatoms. The third-order valence-electron chi connectivity index (χ3n) is 2.18. The van der Waals surface area contributed by atoms with Gasteiger partial charge in [-0.05, 0) is 32.2 Å². The Balaban J connectivity index is 2.63. The SMILES string of the molecule is CNCc1cc(F)ccc1OCCC(C)O. The van der Waals surface area contributed by atoms with Gasteiger partial charge in [0, 0.05) is 18.5 Å². The van der Waals surface area contributed by atoms with Crippen molar-refractivity contribution in [3.05, 3.63) is 29.6 Å². The normalized spacial score (nSPS) is 12.5. The number of benzene rings is 1. The number of aliphatic hydroxyl groups excluding tert-OH is 1. The molecule has 0 saturated carbocycles. The van der Waals surface area contributed by atoms with Crippen molar-refractivity contribution in [3.8, 4) is 5.75 Å². The second-order valence-electron chi connectivity index (χ2n) is 3.77. The quantitative estimate of drug-likeness (QED) is 0.777. The average molecular weight is 227 g/mol.